The maximum Gasteiger partial charge on any atom is 0.0762 e. The maximum atomic E-state index is 6.41. The van der Waals surface area contributed by atoms with Gasteiger partial charge in [0.15, 0.2) is 0 Å². The van der Waals surface area contributed by atoms with Gasteiger partial charge in [-0.3, -0.25) is 4.98 Å². The van der Waals surface area contributed by atoms with E-state index in [1.807, 2.05) is 6.07 Å². The van der Waals surface area contributed by atoms with E-state index in [0.29, 0.717) is 16.0 Å². The highest BCUT2D eigenvalue weighted by Crippen LogP contribution is 2.39. The summed E-state index contributed by atoms with van der Waals surface area (Å²) in [6.45, 7) is 5.49. The van der Waals surface area contributed by atoms with E-state index in [2.05, 4.69) is 24.1 Å². The Bertz CT molecular complexity index is 450. The van der Waals surface area contributed by atoms with Gasteiger partial charge in [-0.2, -0.15) is 0 Å². The van der Waals surface area contributed by atoms with Crippen LogP contribution in [0.4, 0.5) is 0 Å². The minimum absolute atomic E-state index is 0.254. The van der Waals surface area contributed by atoms with Gasteiger partial charge in [-0.15, -0.1) is 0 Å². The second kappa shape index (κ2) is 8.36. The quantitative estimate of drug-likeness (QED) is 0.730. The van der Waals surface area contributed by atoms with Crippen molar-refractivity contribution in [2.24, 2.45) is 11.8 Å². The number of hydrogen-bond donors (Lipinski definition) is 1. The molecule has 0 spiro atoms. The molecular weight excluding hydrogens is 303 g/mol. The Morgan fingerprint density at radius 2 is 2.14 bits per heavy atom. The van der Waals surface area contributed by atoms with Crippen LogP contribution < -0.4 is 5.32 Å². The fourth-order valence-electron chi connectivity index (χ4n) is 3.45. The Hall–Kier alpha value is -0.310. The predicted molar refractivity (Wildman–Crippen MR) is 91.0 cm³/mol. The number of hydrogen-bond acceptors (Lipinski definition) is 2. The summed E-state index contributed by atoms with van der Waals surface area (Å²) < 4.78 is 0. The minimum atomic E-state index is 0.254. The first-order valence-corrected chi connectivity index (χ1v) is 8.95. The first-order chi connectivity index (χ1) is 10.2. The van der Waals surface area contributed by atoms with E-state index in [-0.39, 0.29) is 6.04 Å². The van der Waals surface area contributed by atoms with Crippen LogP contribution in [0.5, 0.6) is 0 Å². The lowest BCUT2D eigenvalue weighted by atomic mass is 9.76. The molecule has 1 saturated carbocycles. The van der Waals surface area contributed by atoms with Gasteiger partial charge in [0.1, 0.15) is 0 Å². The van der Waals surface area contributed by atoms with Gasteiger partial charge in [0.25, 0.3) is 0 Å². The molecule has 1 aromatic rings. The fraction of sp³-hybridized carbons (Fsp3) is 0.706. The van der Waals surface area contributed by atoms with Crippen LogP contribution in [0, 0.1) is 11.8 Å². The van der Waals surface area contributed by atoms with Crippen LogP contribution in [0.3, 0.4) is 0 Å². The van der Waals surface area contributed by atoms with Crippen LogP contribution in [0.2, 0.25) is 10.0 Å². The van der Waals surface area contributed by atoms with Crippen molar-refractivity contribution in [2.75, 3.05) is 6.54 Å². The molecule has 3 atom stereocenters. The van der Waals surface area contributed by atoms with E-state index in [1.165, 1.54) is 32.1 Å². The summed E-state index contributed by atoms with van der Waals surface area (Å²) in [4.78, 5) is 4.53. The molecule has 1 aliphatic carbocycles. The third-order valence-electron chi connectivity index (χ3n) is 4.62. The lowest BCUT2D eigenvalue weighted by Crippen LogP contribution is -2.33. The fourth-order valence-corrected chi connectivity index (χ4v) is 3.94. The summed E-state index contributed by atoms with van der Waals surface area (Å²) in [5.74, 6) is 1.47. The molecule has 1 aromatic heterocycles. The van der Waals surface area contributed by atoms with Crippen molar-refractivity contribution in [3.63, 3.8) is 0 Å². The highest BCUT2D eigenvalue weighted by Gasteiger charge is 2.30. The lowest BCUT2D eigenvalue weighted by molar-refractivity contribution is 0.207. The van der Waals surface area contributed by atoms with Gasteiger partial charge in [0.2, 0.25) is 0 Å². The van der Waals surface area contributed by atoms with Gasteiger partial charge < -0.3 is 5.32 Å². The van der Waals surface area contributed by atoms with Crippen molar-refractivity contribution < 1.29 is 0 Å². The minimum Gasteiger partial charge on any atom is -0.308 e. The summed E-state index contributed by atoms with van der Waals surface area (Å²) >= 11 is 12.4. The monoisotopic (exact) mass is 328 g/mol. The Morgan fingerprint density at radius 1 is 1.33 bits per heavy atom. The molecule has 0 aromatic carbocycles. The Morgan fingerprint density at radius 3 is 2.81 bits per heavy atom. The van der Waals surface area contributed by atoms with Gasteiger partial charge in [-0.05, 0) is 43.7 Å². The van der Waals surface area contributed by atoms with Crippen molar-refractivity contribution in [1.82, 2.24) is 10.3 Å². The van der Waals surface area contributed by atoms with Gasteiger partial charge in [-0.25, -0.2) is 0 Å². The van der Waals surface area contributed by atoms with Gasteiger partial charge in [0.05, 0.1) is 21.8 Å². The van der Waals surface area contributed by atoms with Crippen LogP contribution in [0.25, 0.3) is 0 Å². The van der Waals surface area contributed by atoms with Crippen LogP contribution in [-0.2, 0) is 0 Å². The molecule has 2 rings (SSSR count). The normalized spacial score (nSPS) is 24.0. The third-order valence-corrected chi connectivity index (χ3v) is 5.13. The topological polar surface area (TPSA) is 24.9 Å². The number of halogens is 2. The zero-order chi connectivity index (χ0) is 15.2. The highest BCUT2D eigenvalue weighted by atomic mass is 35.5. The largest absolute Gasteiger partial charge is 0.308 e. The Kier molecular flexibility index (Phi) is 6.78. The molecule has 0 bridgehead atoms. The van der Waals surface area contributed by atoms with E-state index < -0.39 is 0 Å². The summed E-state index contributed by atoms with van der Waals surface area (Å²) in [5, 5.41) is 4.96. The third kappa shape index (κ3) is 4.58. The molecule has 118 valence electrons. The van der Waals surface area contributed by atoms with Crippen molar-refractivity contribution >= 4 is 23.2 Å². The van der Waals surface area contributed by atoms with Crippen molar-refractivity contribution in [3.8, 4) is 0 Å². The van der Waals surface area contributed by atoms with Crippen LogP contribution in [0.15, 0.2) is 12.3 Å². The molecule has 4 heteroatoms. The van der Waals surface area contributed by atoms with E-state index >= 15 is 0 Å². The van der Waals surface area contributed by atoms with Crippen LogP contribution in [-0.4, -0.2) is 11.5 Å². The van der Waals surface area contributed by atoms with E-state index in [9.17, 15) is 0 Å². The van der Waals surface area contributed by atoms with E-state index in [4.69, 9.17) is 23.2 Å². The van der Waals surface area contributed by atoms with Crippen molar-refractivity contribution in [2.45, 2.75) is 58.4 Å². The molecule has 0 radical (unpaired) electrons. The average molecular weight is 329 g/mol. The summed E-state index contributed by atoms with van der Waals surface area (Å²) in [7, 11) is 0. The zero-order valence-corrected chi connectivity index (χ0v) is 14.6. The Balaban J connectivity index is 2.20. The molecule has 2 nitrogen and oxygen atoms in total. The molecule has 3 unspecified atom stereocenters. The van der Waals surface area contributed by atoms with Gasteiger partial charge in [0, 0.05) is 6.20 Å². The molecule has 1 aliphatic rings. The second-order valence-corrected chi connectivity index (χ2v) is 7.00. The summed E-state index contributed by atoms with van der Waals surface area (Å²) in [5.41, 5.74) is 0.969. The number of rotatable bonds is 6. The number of aromatic nitrogens is 1. The second-order valence-electron chi connectivity index (χ2n) is 6.15. The molecule has 0 saturated heterocycles. The molecule has 1 heterocycles. The lowest BCUT2D eigenvalue weighted by Gasteiger charge is -2.35. The van der Waals surface area contributed by atoms with Crippen LogP contribution in [0.1, 0.15) is 64.1 Å². The molecule has 0 aliphatic heterocycles. The molecule has 21 heavy (non-hydrogen) atoms. The van der Waals surface area contributed by atoms with Crippen molar-refractivity contribution in [3.05, 3.63) is 28.0 Å². The zero-order valence-electron chi connectivity index (χ0n) is 13.0. The van der Waals surface area contributed by atoms with Crippen LogP contribution >= 0.6 is 23.2 Å². The first-order valence-electron chi connectivity index (χ1n) is 8.20. The predicted octanol–water partition coefficient (Wildman–Crippen LogP) is 5.65. The molecular formula is C17H26Cl2N2. The summed E-state index contributed by atoms with van der Waals surface area (Å²) in [6, 6.07) is 2.07. The smallest absolute Gasteiger partial charge is 0.0762 e. The van der Waals surface area contributed by atoms with Gasteiger partial charge in [-0.1, -0.05) is 56.3 Å². The number of nitrogens with one attached hydrogen (secondary N) is 1. The first kappa shape index (κ1) is 17.1. The SMILES string of the molecule is CCCNC(c1ncc(Cl)cc1Cl)C1CCCC(CC)C1. The maximum absolute atomic E-state index is 6.41. The molecule has 1 fully saturated rings. The highest BCUT2D eigenvalue weighted by molar-refractivity contribution is 6.34. The number of pyridine rings is 1. The van der Waals surface area contributed by atoms with Crippen molar-refractivity contribution in [1.29, 1.82) is 0 Å². The Labute approximate surface area is 138 Å². The number of nitrogens with zero attached hydrogens (tertiary/aromatic N) is 1. The van der Waals surface area contributed by atoms with Gasteiger partial charge >= 0.3 is 0 Å². The average Bonchev–Trinajstić information content (AvgIpc) is 2.49. The van der Waals surface area contributed by atoms with E-state index in [0.717, 1.165) is 24.6 Å². The standard InChI is InChI=1S/C17H26Cl2N2/c1-3-8-20-16(13-7-5-6-12(4-2)9-13)17-15(19)10-14(18)11-21-17/h10-13,16,20H,3-9H2,1-2H3. The molecule has 1 N–H and O–H groups in total. The molecule has 0 amide bonds. The summed E-state index contributed by atoms with van der Waals surface area (Å²) in [6.07, 6.45) is 9.33. The van der Waals surface area contributed by atoms with E-state index in [1.54, 1.807) is 6.20 Å².